The summed E-state index contributed by atoms with van der Waals surface area (Å²) in [6.07, 6.45) is -4.53. The van der Waals surface area contributed by atoms with Crippen molar-refractivity contribution in [3.05, 3.63) is 112 Å². The summed E-state index contributed by atoms with van der Waals surface area (Å²) in [7, 11) is 0. The van der Waals surface area contributed by atoms with Crippen molar-refractivity contribution < 1.29 is 43.5 Å². The highest BCUT2D eigenvalue weighted by Gasteiger charge is 2.41. The van der Waals surface area contributed by atoms with Gasteiger partial charge in [-0.05, 0) is 36.4 Å². The van der Waals surface area contributed by atoms with Crippen LogP contribution in [0.1, 0.15) is 31.1 Å². The number of benzene rings is 3. The Morgan fingerprint density at radius 1 is 0.684 bits per heavy atom. The molecule has 0 aliphatic rings. The maximum absolute atomic E-state index is 12.9. The zero-order chi connectivity index (χ0) is 27.7. The molecule has 3 aromatic carbocycles. The fourth-order valence-corrected chi connectivity index (χ4v) is 3.01. The van der Waals surface area contributed by atoms with E-state index < -0.39 is 46.9 Å². The number of carboxylic acids is 1. The van der Waals surface area contributed by atoms with Crippen molar-refractivity contribution in [1.82, 2.24) is 10.9 Å². The number of esters is 2. The molecule has 3 N–H and O–H groups in total. The van der Waals surface area contributed by atoms with Crippen LogP contribution in [0.15, 0.2) is 84.9 Å². The van der Waals surface area contributed by atoms with E-state index in [0.29, 0.717) is 0 Å². The van der Waals surface area contributed by atoms with Gasteiger partial charge in [0.25, 0.3) is 17.5 Å². The Kier molecular flexibility index (Phi) is 8.81. The van der Waals surface area contributed by atoms with E-state index in [9.17, 15) is 39.2 Å². The van der Waals surface area contributed by atoms with Crippen molar-refractivity contribution >= 4 is 35.4 Å². The van der Waals surface area contributed by atoms with Gasteiger partial charge in [-0.2, -0.15) is 0 Å². The third-order valence-electron chi connectivity index (χ3n) is 4.90. The van der Waals surface area contributed by atoms with Gasteiger partial charge < -0.3 is 14.6 Å². The maximum Gasteiger partial charge on any atom is 0.349 e. The first kappa shape index (κ1) is 27.0. The Morgan fingerprint density at radius 2 is 1.16 bits per heavy atom. The fraction of sp³-hybridized carbons (Fsp3) is 0.0800. The van der Waals surface area contributed by atoms with Gasteiger partial charge in [0.05, 0.1) is 16.1 Å². The van der Waals surface area contributed by atoms with Gasteiger partial charge in [0.2, 0.25) is 12.2 Å². The second-order valence-corrected chi connectivity index (χ2v) is 7.47. The number of ether oxygens (including phenoxy) is 2. The van der Waals surface area contributed by atoms with Gasteiger partial charge in [-0.1, -0.05) is 36.4 Å². The number of nitrogens with one attached hydrogen (secondary N) is 2. The topological polar surface area (TPSA) is 191 Å². The van der Waals surface area contributed by atoms with Gasteiger partial charge in [-0.15, -0.1) is 0 Å². The molecule has 3 aromatic rings. The Balaban J connectivity index is 1.81. The molecule has 0 radical (unpaired) electrons. The summed E-state index contributed by atoms with van der Waals surface area (Å²) in [4.78, 5) is 72.5. The van der Waals surface area contributed by atoms with E-state index in [-0.39, 0.29) is 22.4 Å². The molecular weight excluding hydrogens is 502 g/mol. The van der Waals surface area contributed by atoms with Crippen LogP contribution in [-0.2, 0) is 19.1 Å². The van der Waals surface area contributed by atoms with E-state index in [1.807, 2.05) is 10.9 Å². The third kappa shape index (κ3) is 6.97. The van der Waals surface area contributed by atoms with Crippen LogP contribution in [-0.4, -0.2) is 52.0 Å². The van der Waals surface area contributed by atoms with Crippen LogP contribution in [0, 0.1) is 10.1 Å². The molecular formula is C25H19N3O10. The molecule has 13 heteroatoms. The van der Waals surface area contributed by atoms with Gasteiger partial charge >= 0.3 is 17.9 Å². The first-order valence-electron chi connectivity index (χ1n) is 10.8. The number of non-ortho nitro benzene ring substituents is 1. The van der Waals surface area contributed by atoms with Crippen molar-refractivity contribution in [2.45, 2.75) is 12.2 Å². The molecule has 2 amide bonds. The summed E-state index contributed by atoms with van der Waals surface area (Å²) in [5.41, 5.74) is 3.49. The summed E-state index contributed by atoms with van der Waals surface area (Å²) >= 11 is 0. The second-order valence-electron chi connectivity index (χ2n) is 7.47. The largest absolute Gasteiger partial charge is 0.478 e. The summed E-state index contributed by atoms with van der Waals surface area (Å²) < 4.78 is 10.1. The molecule has 0 bridgehead atoms. The number of nitro groups is 1. The lowest BCUT2D eigenvalue weighted by atomic mass is 10.1. The van der Waals surface area contributed by atoms with E-state index in [4.69, 9.17) is 9.47 Å². The molecule has 0 saturated heterocycles. The van der Waals surface area contributed by atoms with Crippen LogP contribution in [0.2, 0.25) is 0 Å². The van der Waals surface area contributed by atoms with Crippen LogP contribution < -0.4 is 10.9 Å². The number of carbonyl (C=O) groups is 5. The molecule has 0 unspecified atom stereocenters. The first-order valence-corrected chi connectivity index (χ1v) is 10.8. The average molecular weight is 521 g/mol. The molecule has 0 fully saturated rings. The molecule has 3 rings (SSSR count). The van der Waals surface area contributed by atoms with Crippen LogP contribution in [0.5, 0.6) is 0 Å². The minimum absolute atomic E-state index is 0.0289. The van der Waals surface area contributed by atoms with Gasteiger partial charge in [0.1, 0.15) is 0 Å². The number of hydrogen-bond donors (Lipinski definition) is 3. The summed E-state index contributed by atoms with van der Waals surface area (Å²) in [6.45, 7) is 0. The third-order valence-corrected chi connectivity index (χ3v) is 4.90. The van der Waals surface area contributed by atoms with E-state index in [2.05, 4.69) is 0 Å². The highest BCUT2D eigenvalue weighted by molar-refractivity contribution is 5.99. The minimum atomic E-state index is -2.30. The molecule has 0 heterocycles. The second kappa shape index (κ2) is 12.4. The predicted octanol–water partition coefficient (Wildman–Crippen LogP) is 1.89. The number of amides is 2. The first-order chi connectivity index (χ1) is 18.2. The molecule has 2 atom stereocenters. The average Bonchev–Trinajstić information content (AvgIpc) is 2.93. The minimum Gasteiger partial charge on any atom is -0.478 e. The lowest BCUT2D eigenvalue weighted by Gasteiger charge is -2.23. The zero-order valence-electron chi connectivity index (χ0n) is 19.3. The summed E-state index contributed by atoms with van der Waals surface area (Å²) in [5, 5.41) is 20.5. The number of rotatable bonds is 9. The molecule has 194 valence electrons. The molecule has 0 aromatic heterocycles. The smallest absolute Gasteiger partial charge is 0.349 e. The van der Waals surface area contributed by atoms with Crippen molar-refractivity contribution in [2.75, 3.05) is 0 Å². The number of hydrogen-bond acceptors (Lipinski definition) is 9. The van der Waals surface area contributed by atoms with E-state index >= 15 is 0 Å². The van der Waals surface area contributed by atoms with Gasteiger partial charge in [-0.3, -0.25) is 30.6 Å². The van der Waals surface area contributed by atoms with Gasteiger partial charge in [0, 0.05) is 17.7 Å². The zero-order valence-corrected chi connectivity index (χ0v) is 19.3. The molecule has 0 spiro atoms. The number of aliphatic carboxylic acids is 1. The van der Waals surface area contributed by atoms with Crippen molar-refractivity contribution in [3.8, 4) is 0 Å². The standard InChI is InChI=1S/C25H19N3O10/c29-21(15-11-13-18(14-12-15)28(35)36)26-27-22(30)19(37-24(33)16-7-3-1-4-8-16)20(23(31)32)38-25(34)17-9-5-2-6-10-17/h1-14,19-20H,(H,26,29)(H,27,30)(H,31,32)/t19-,20+/m0/s1. The Hall–Kier alpha value is -5.59. The van der Waals surface area contributed by atoms with E-state index in [1.54, 1.807) is 12.1 Å². The Bertz CT molecular complexity index is 1340. The molecule has 0 aliphatic carbocycles. The number of carboxylic acid groups (broad SMARTS) is 1. The highest BCUT2D eigenvalue weighted by Crippen LogP contribution is 2.14. The molecule has 0 aliphatic heterocycles. The lowest BCUT2D eigenvalue weighted by molar-refractivity contribution is -0.384. The Labute approximate surface area is 214 Å². The quantitative estimate of drug-likeness (QED) is 0.213. The number of carbonyl (C=O) groups excluding carboxylic acids is 4. The maximum atomic E-state index is 12.9. The highest BCUT2D eigenvalue weighted by atomic mass is 16.6. The number of nitrogens with zero attached hydrogens (tertiary/aromatic N) is 1. The molecule has 13 nitrogen and oxygen atoms in total. The van der Waals surface area contributed by atoms with Crippen LogP contribution >= 0.6 is 0 Å². The van der Waals surface area contributed by atoms with Gasteiger partial charge in [0.15, 0.2) is 0 Å². The van der Waals surface area contributed by atoms with Crippen molar-refractivity contribution in [2.24, 2.45) is 0 Å². The summed E-state index contributed by atoms with van der Waals surface area (Å²) in [5.74, 6) is -6.28. The monoisotopic (exact) mass is 521 g/mol. The molecule has 0 saturated carbocycles. The Morgan fingerprint density at radius 3 is 1.61 bits per heavy atom. The van der Waals surface area contributed by atoms with Crippen LogP contribution in [0.4, 0.5) is 5.69 Å². The number of nitro benzene ring substituents is 1. The SMILES string of the molecule is O=C(NNC(=O)[C@@H](OC(=O)c1ccccc1)[C@@H](OC(=O)c1ccccc1)C(=O)O)c1ccc([N+](=O)[O-])cc1. The normalized spacial score (nSPS) is 11.8. The van der Waals surface area contributed by atoms with Gasteiger partial charge in [-0.25, -0.2) is 14.4 Å². The van der Waals surface area contributed by atoms with E-state index in [1.165, 1.54) is 48.5 Å². The van der Waals surface area contributed by atoms with Crippen molar-refractivity contribution in [3.63, 3.8) is 0 Å². The van der Waals surface area contributed by atoms with Crippen LogP contribution in [0.3, 0.4) is 0 Å². The van der Waals surface area contributed by atoms with Crippen LogP contribution in [0.25, 0.3) is 0 Å². The lowest BCUT2D eigenvalue weighted by Crippen LogP contribution is -2.54. The molecule has 38 heavy (non-hydrogen) atoms. The summed E-state index contributed by atoms with van der Waals surface area (Å²) in [6, 6.07) is 19.0. The van der Waals surface area contributed by atoms with E-state index in [0.717, 1.165) is 24.3 Å². The predicted molar refractivity (Wildman–Crippen MR) is 128 cm³/mol. The number of hydrazine groups is 1. The fourth-order valence-electron chi connectivity index (χ4n) is 3.01. The van der Waals surface area contributed by atoms with Crippen molar-refractivity contribution in [1.29, 1.82) is 0 Å².